The number of fused-ring (bicyclic) bond motifs is 1. The lowest BCUT2D eigenvalue weighted by Gasteiger charge is -2.35. The van der Waals surface area contributed by atoms with E-state index in [4.69, 9.17) is 0 Å². The molecule has 2 amide bonds. The summed E-state index contributed by atoms with van der Waals surface area (Å²) in [7, 11) is 0. The van der Waals surface area contributed by atoms with Crippen LogP contribution < -0.4 is 10.6 Å². The highest BCUT2D eigenvalue weighted by molar-refractivity contribution is 7.08. The number of benzene rings is 2. The first-order valence-electron chi connectivity index (χ1n) is 10.9. The third-order valence-electron chi connectivity index (χ3n) is 6.11. The van der Waals surface area contributed by atoms with Crippen molar-refractivity contribution in [2.75, 3.05) is 18.4 Å². The predicted octanol–water partition coefficient (Wildman–Crippen LogP) is 4.53. The number of amides is 2. The first kappa shape index (κ1) is 22.2. The van der Waals surface area contributed by atoms with Crippen LogP contribution in [0, 0.1) is 20.8 Å². The van der Waals surface area contributed by atoms with Gasteiger partial charge >= 0.3 is 11.8 Å². The van der Waals surface area contributed by atoms with Crippen molar-refractivity contribution in [1.82, 2.24) is 10.2 Å². The fourth-order valence-corrected chi connectivity index (χ4v) is 5.23. The first-order valence-corrected chi connectivity index (χ1v) is 11.9. The van der Waals surface area contributed by atoms with Crippen molar-refractivity contribution in [1.29, 1.82) is 0 Å². The lowest BCUT2D eigenvalue weighted by atomic mass is 9.97. The highest BCUT2D eigenvalue weighted by Crippen LogP contribution is 2.29. The SMILES string of the molecule is Cc1cc(C)c(NC(=O)C(=O)NCC(c2ccsc2)N2CCc3ccccc3C2)c(C)c1. The van der Waals surface area contributed by atoms with Gasteiger partial charge in [-0.05, 0) is 71.8 Å². The molecule has 3 aromatic rings. The van der Waals surface area contributed by atoms with E-state index in [0.717, 1.165) is 36.2 Å². The molecule has 1 unspecified atom stereocenters. The Bertz CT molecular complexity index is 1100. The molecular weight excluding hydrogens is 418 g/mol. The third kappa shape index (κ3) is 4.92. The number of carbonyl (C=O) groups is 2. The van der Waals surface area contributed by atoms with Gasteiger partial charge in [-0.1, -0.05) is 42.0 Å². The number of hydrogen-bond donors (Lipinski definition) is 2. The molecule has 1 aliphatic heterocycles. The zero-order valence-electron chi connectivity index (χ0n) is 18.8. The molecule has 166 valence electrons. The van der Waals surface area contributed by atoms with Crippen LogP contribution in [0.2, 0.25) is 0 Å². The van der Waals surface area contributed by atoms with Gasteiger partial charge in [0.1, 0.15) is 0 Å². The Kier molecular flexibility index (Phi) is 6.72. The quantitative estimate of drug-likeness (QED) is 0.565. The lowest BCUT2D eigenvalue weighted by Crippen LogP contribution is -2.43. The minimum atomic E-state index is -0.631. The molecule has 0 saturated heterocycles. The van der Waals surface area contributed by atoms with Crippen LogP contribution in [0.15, 0.2) is 53.2 Å². The van der Waals surface area contributed by atoms with Crippen LogP contribution in [0.1, 0.15) is 39.4 Å². The lowest BCUT2D eigenvalue weighted by molar-refractivity contribution is -0.136. The Morgan fingerprint density at radius 1 is 1.03 bits per heavy atom. The Balaban J connectivity index is 1.44. The van der Waals surface area contributed by atoms with E-state index in [-0.39, 0.29) is 6.04 Å². The van der Waals surface area contributed by atoms with Crippen LogP contribution in [-0.4, -0.2) is 29.8 Å². The molecule has 0 bridgehead atoms. The summed E-state index contributed by atoms with van der Waals surface area (Å²) in [5, 5.41) is 9.84. The van der Waals surface area contributed by atoms with Gasteiger partial charge in [-0.3, -0.25) is 14.5 Å². The number of nitrogens with one attached hydrogen (secondary N) is 2. The fraction of sp³-hybridized carbons (Fsp3) is 0.308. The number of nitrogens with zero attached hydrogens (tertiary/aromatic N) is 1. The van der Waals surface area contributed by atoms with Crippen LogP contribution in [-0.2, 0) is 22.6 Å². The second-order valence-electron chi connectivity index (χ2n) is 8.50. The van der Waals surface area contributed by atoms with Crippen LogP contribution in [0.5, 0.6) is 0 Å². The highest BCUT2D eigenvalue weighted by atomic mass is 32.1. The van der Waals surface area contributed by atoms with Gasteiger partial charge in [0.05, 0.1) is 6.04 Å². The van der Waals surface area contributed by atoms with Crippen molar-refractivity contribution in [2.45, 2.75) is 39.8 Å². The molecule has 0 spiro atoms. The second kappa shape index (κ2) is 9.67. The van der Waals surface area contributed by atoms with E-state index in [1.54, 1.807) is 11.3 Å². The Morgan fingerprint density at radius 3 is 2.44 bits per heavy atom. The Hall–Kier alpha value is -2.96. The number of aryl methyl sites for hydroxylation is 3. The van der Waals surface area contributed by atoms with Gasteiger partial charge in [-0.25, -0.2) is 0 Å². The predicted molar refractivity (Wildman–Crippen MR) is 130 cm³/mol. The molecule has 2 N–H and O–H groups in total. The van der Waals surface area contributed by atoms with Crippen molar-refractivity contribution in [2.24, 2.45) is 0 Å². The van der Waals surface area contributed by atoms with E-state index in [1.807, 2.05) is 32.9 Å². The molecule has 32 heavy (non-hydrogen) atoms. The summed E-state index contributed by atoms with van der Waals surface area (Å²) >= 11 is 1.65. The number of thiophene rings is 1. The number of rotatable bonds is 5. The van der Waals surface area contributed by atoms with E-state index >= 15 is 0 Å². The average molecular weight is 448 g/mol. The van der Waals surface area contributed by atoms with Crippen molar-refractivity contribution in [3.05, 3.63) is 86.6 Å². The summed E-state index contributed by atoms with van der Waals surface area (Å²) in [5.41, 5.74) is 7.62. The van der Waals surface area contributed by atoms with Crippen LogP contribution >= 0.6 is 11.3 Å². The van der Waals surface area contributed by atoms with Crippen molar-refractivity contribution in [3.63, 3.8) is 0 Å². The van der Waals surface area contributed by atoms with Crippen LogP contribution in [0.3, 0.4) is 0 Å². The van der Waals surface area contributed by atoms with E-state index < -0.39 is 11.8 Å². The minimum Gasteiger partial charge on any atom is -0.346 e. The number of carbonyl (C=O) groups excluding carboxylic acids is 2. The summed E-state index contributed by atoms with van der Waals surface area (Å²) in [6, 6.07) is 14.6. The summed E-state index contributed by atoms with van der Waals surface area (Å²) in [6.07, 6.45) is 0.983. The Labute approximate surface area is 193 Å². The Morgan fingerprint density at radius 2 is 1.75 bits per heavy atom. The molecule has 0 aliphatic carbocycles. The van der Waals surface area contributed by atoms with E-state index in [0.29, 0.717) is 12.2 Å². The number of anilines is 1. The largest absolute Gasteiger partial charge is 0.346 e. The molecule has 2 aromatic carbocycles. The van der Waals surface area contributed by atoms with Gasteiger partial charge < -0.3 is 10.6 Å². The monoisotopic (exact) mass is 447 g/mol. The standard InChI is InChI=1S/C26H29N3O2S/c1-17-12-18(2)24(19(3)13-17)28-26(31)25(30)27-14-23(22-9-11-32-16-22)29-10-8-20-6-4-5-7-21(20)15-29/h4-7,9,11-13,16,23H,8,10,14-15H2,1-3H3,(H,27,30)(H,28,31). The molecule has 6 heteroatoms. The molecule has 1 aliphatic rings. The minimum absolute atomic E-state index is 0.0224. The summed E-state index contributed by atoms with van der Waals surface area (Å²) in [5.74, 6) is -1.24. The zero-order chi connectivity index (χ0) is 22.7. The summed E-state index contributed by atoms with van der Waals surface area (Å²) in [6.45, 7) is 8.03. The van der Waals surface area contributed by atoms with Crippen molar-refractivity contribution in [3.8, 4) is 0 Å². The molecular formula is C26H29N3O2S. The van der Waals surface area contributed by atoms with Gasteiger partial charge in [-0.2, -0.15) is 11.3 Å². The van der Waals surface area contributed by atoms with Gasteiger partial charge in [-0.15, -0.1) is 0 Å². The highest BCUT2D eigenvalue weighted by Gasteiger charge is 2.26. The zero-order valence-corrected chi connectivity index (χ0v) is 19.6. The maximum absolute atomic E-state index is 12.7. The van der Waals surface area contributed by atoms with Gasteiger partial charge in [0.25, 0.3) is 0 Å². The van der Waals surface area contributed by atoms with Crippen LogP contribution in [0.4, 0.5) is 5.69 Å². The first-order chi connectivity index (χ1) is 15.4. The molecule has 5 nitrogen and oxygen atoms in total. The number of hydrogen-bond acceptors (Lipinski definition) is 4. The van der Waals surface area contributed by atoms with E-state index in [9.17, 15) is 9.59 Å². The third-order valence-corrected chi connectivity index (χ3v) is 6.81. The van der Waals surface area contributed by atoms with E-state index in [1.165, 1.54) is 16.7 Å². The summed E-state index contributed by atoms with van der Waals surface area (Å²) < 4.78 is 0. The topological polar surface area (TPSA) is 61.4 Å². The fourth-order valence-electron chi connectivity index (χ4n) is 4.52. The molecule has 0 radical (unpaired) electrons. The van der Waals surface area contributed by atoms with Gasteiger partial charge in [0.15, 0.2) is 0 Å². The molecule has 4 rings (SSSR count). The molecule has 0 saturated carbocycles. The average Bonchev–Trinajstić information content (AvgIpc) is 3.30. The maximum atomic E-state index is 12.7. The van der Waals surface area contributed by atoms with Gasteiger partial charge in [0.2, 0.25) is 0 Å². The van der Waals surface area contributed by atoms with Crippen molar-refractivity contribution < 1.29 is 9.59 Å². The smallest absolute Gasteiger partial charge is 0.313 e. The molecule has 0 fully saturated rings. The molecule has 1 atom stereocenters. The summed E-state index contributed by atoms with van der Waals surface area (Å²) in [4.78, 5) is 27.6. The molecule has 1 aromatic heterocycles. The molecule has 2 heterocycles. The second-order valence-corrected chi connectivity index (χ2v) is 9.28. The normalized spacial score (nSPS) is 14.5. The van der Waals surface area contributed by atoms with Crippen LogP contribution in [0.25, 0.3) is 0 Å². The van der Waals surface area contributed by atoms with E-state index in [2.05, 4.69) is 56.6 Å². The van der Waals surface area contributed by atoms with Gasteiger partial charge in [0, 0.05) is 25.3 Å². The van der Waals surface area contributed by atoms with Crippen molar-refractivity contribution >= 4 is 28.8 Å². The maximum Gasteiger partial charge on any atom is 0.313 e.